The molecule has 2 N–H and O–H groups in total. The van der Waals surface area contributed by atoms with Crippen molar-refractivity contribution in [2.45, 2.75) is 63.6 Å². The van der Waals surface area contributed by atoms with Gasteiger partial charge in [0, 0.05) is 24.3 Å². The molecule has 1 fully saturated rings. The topological polar surface area (TPSA) is 78.9 Å². The molecule has 194 valence electrons. The molecule has 1 amide bonds. The Morgan fingerprint density at radius 1 is 1.08 bits per heavy atom. The Kier molecular flexibility index (Phi) is 8.18. The fourth-order valence-corrected chi connectivity index (χ4v) is 5.05. The van der Waals surface area contributed by atoms with E-state index in [0.29, 0.717) is 18.7 Å². The Bertz CT molecular complexity index is 1100. The highest BCUT2D eigenvalue weighted by molar-refractivity contribution is 5.96. The third-order valence-corrected chi connectivity index (χ3v) is 6.95. The number of carboxylic acids is 1. The van der Waals surface area contributed by atoms with Crippen molar-refractivity contribution >= 4 is 17.6 Å². The molecule has 9 heteroatoms. The van der Waals surface area contributed by atoms with E-state index < -0.39 is 17.7 Å². The molecule has 2 aromatic rings. The molecule has 1 saturated carbocycles. The third-order valence-electron chi connectivity index (χ3n) is 6.95. The molecule has 0 saturated heterocycles. The summed E-state index contributed by atoms with van der Waals surface area (Å²) in [5.74, 6) is -0.464. The van der Waals surface area contributed by atoms with Crippen molar-refractivity contribution in [2.75, 3.05) is 24.5 Å². The summed E-state index contributed by atoms with van der Waals surface area (Å²) in [5.41, 5.74) is 1.84. The normalized spacial score (nSPS) is 16.1. The molecular weight excluding hydrogens is 473 g/mol. The number of carbonyl (C=O) groups excluding carboxylic acids is 1. The fraction of sp³-hybridized carbons (Fsp3) is 0.481. The first-order chi connectivity index (χ1) is 17.2. The number of nitrogens with one attached hydrogen (secondary N) is 1. The zero-order valence-electron chi connectivity index (χ0n) is 20.1. The Morgan fingerprint density at radius 3 is 2.58 bits per heavy atom. The van der Waals surface area contributed by atoms with E-state index in [1.54, 1.807) is 29.2 Å². The largest absolute Gasteiger partial charge is 0.489 e. The van der Waals surface area contributed by atoms with Gasteiger partial charge < -0.3 is 20.1 Å². The minimum atomic E-state index is -4.46. The van der Waals surface area contributed by atoms with Gasteiger partial charge in [-0.05, 0) is 60.6 Å². The van der Waals surface area contributed by atoms with Gasteiger partial charge in [0.1, 0.15) is 12.4 Å². The van der Waals surface area contributed by atoms with Gasteiger partial charge in [-0.25, -0.2) is 0 Å². The maximum Gasteiger partial charge on any atom is 0.416 e. The van der Waals surface area contributed by atoms with Crippen molar-refractivity contribution < 1.29 is 32.6 Å². The van der Waals surface area contributed by atoms with E-state index in [-0.39, 0.29) is 43.5 Å². The quantitative estimate of drug-likeness (QED) is 0.454. The maximum atomic E-state index is 13.8. The van der Waals surface area contributed by atoms with Crippen molar-refractivity contribution in [1.29, 1.82) is 0 Å². The summed E-state index contributed by atoms with van der Waals surface area (Å²) in [4.78, 5) is 24.7. The van der Waals surface area contributed by atoms with E-state index in [2.05, 4.69) is 5.32 Å². The number of alkyl halides is 3. The molecule has 2 aliphatic rings. The number of hydrogen-bond donors (Lipinski definition) is 2. The molecule has 36 heavy (non-hydrogen) atoms. The van der Waals surface area contributed by atoms with Gasteiger partial charge >= 0.3 is 12.1 Å². The number of benzene rings is 2. The molecular formula is C27H31F3N2O4. The van der Waals surface area contributed by atoms with Crippen molar-refractivity contribution in [3.05, 3.63) is 58.7 Å². The highest BCUT2D eigenvalue weighted by atomic mass is 19.4. The van der Waals surface area contributed by atoms with E-state index in [0.717, 1.165) is 48.9 Å². The number of amides is 1. The Balaban J connectivity index is 1.40. The highest BCUT2D eigenvalue weighted by Gasteiger charge is 2.34. The van der Waals surface area contributed by atoms with Gasteiger partial charge in [-0.15, -0.1) is 0 Å². The second-order valence-corrected chi connectivity index (χ2v) is 9.44. The number of anilines is 1. The van der Waals surface area contributed by atoms with Crippen molar-refractivity contribution in [2.24, 2.45) is 0 Å². The lowest BCUT2D eigenvalue weighted by Crippen LogP contribution is -2.37. The van der Waals surface area contributed by atoms with Gasteiger partial charge in [-0.3, -0.25) is 9.59 Å². The number of rotatable bonds is 9. The molecule has 1 heterocycles. The lowest BCUT2D eigenvalue weighted by molar-refractivity contribution is -0.139. The minimum absolute atomic E-state index is 0.0298. The van der Waals surface area contributed by atoms with Crippen LogP contribution in [0.5, 0.6) is 5.75 Å². The Morgan fingerprint density at radius 2 is 1.86 bits per heavy atom. The van der Waals surface area contributed by atoms with Crippen LogP contribution in [0.4, 0.5) is 18.9 Å². The van der Waals surface area contributed by atoms with Crippen LogP contribution in [0.1, 0.15) is 66.7 Å². The van der Waals surface area contributed by atoms with Gasteiger partial charge in [0.25, 0.3) is 0 Å². The standard InChI is InChI=1S/C27H31F3N2O4/c28-27(29,30)23-15-19(18-4-2-1-3-5-18)6-7-21(23)17-36-22-8-9-24-20(14-22)11-13-32(24)25(33)16-31-12-10-26(34)35/h6-9,14-15,18,31H,1-5,10-13,16-17H2,(H,34,35). The monoisotopic (exact) mass is 504 g/mol. The molecule has 0 unspecified atom stereocenters. The molecule has 6 nitrogen and oxygen atoms in total. The molecule has 4 rings (SSSR count). The van der Waals surface area contributed by atoms with Gasteiger partial charge in [-0.1, -0.05) is 31.4 Å². The van der Waals surface area contributed by atoms with Crippen LogP contribution >= 0.6 is 0 Å². The molecule has 0 aromatic heterocycles. The van der Waals surface area contributed by atoms with E-state index in [1.165, 1.54) is 12.1 Å². The maximum absolute atomic E-state index is 13.8. The van der Waals surface area contributed by atoms with Crippen LogP contribution < -0.4 is 15.0 Å². The number of carbonyl (C=O) groups is 2. The van der Waals surface area contributed by atoms with E-state index in [9.17, 15) is 22.8 Å². The number of nitrogens with zero attached hydrogens (tertiary/aromatic N) is 1. The lowest BCUT2D eigenvalue weighted by atomic mass is 9.83. The zero-order valence-corrected chi connectivity index (χ0v) is 20.1. The molecule has 0 radical (unpaired) electrons. The first-order valence-electron chi connectivity index (χ1n) is 12.4. The summed E-state index contributed by atoms with van der Waals surface area (Å²) >= 11 is 0. The Labute approximate surface area is 208 Å². The van der Waals surface area contributed by atoms with Gasteiger partial charge in [0.05, 0.1) is 18.5 Å². The second-order valence-electron chi connectivity index (χ2n) is 9.44. The first kappa shape index (κ1) is 26.0. The van der Waals surface area contributed by atoms with Crippen molar-refractivity contribution in [1.82, 2.24) is 5.32 Å². The first-order valence-corrected chi connectivity index (χ1v) is 12.4. The van der Waals surface area contributed by atoms with Crippen LogP contribution in [-0.2, 0) is 28.8 Å². The van der Waals surface area contributed by atoms with E-state index in [1.807, 2.05) is 0 Å². The van der Waals surface area contributed by atoms with Gasteiger partial charge in [0.15, 0.2) is 0 Å². The zero-order chi connectivity index (χ0) is 25.7. The Hall–Kier alpha value is -3.07. The minimum Gasteiger partial charge on any atom is -0.489 e. The predicted octanol–water partition coefficient (Wildman–Crippen LogP) is 5.29. The molecule has 1 aliphatic heterocycles. The van der Waals surface area contributed by atoms with Crippen LogP contribution in [0, 0.1) is 0 Å². The number of fused-ring (bicyclic) bond motifs is 1. The summed E-state index contributed by atoms with van der Waals surface area (Å²) in [5, 5.41) is 11.5. The van der Waals surface area contributed by atoms with Gasteiger partial charge in [0.2, 0.25) is 5.91 Å². The predicted molar refractivity (Wildman–Crippen MR) is 129 cm³/mol. The van der Waals surface area contributed by atoms with E-state index >= 15 is 0 Å². The fourth-order valence-electron chi connectivity index (χ4n) is 5.05. The number of aliphatic carboxylic acids is 1. The molecule has 0 spiro atoms. The van der Waals surface area contributed by atoms with Crippen molar-refractivity contribution in [3.63, 3.8) is 0 Å². The van der Waals surface area contributed by atoms with Crippen LogP contribution in [-0.4, -0.2) is 36.6 Å². The van der Waals surface area contributed by atoms with Crippen LogP contribution in [0.15, 0.2) is 36.4 Å². The highest BCUT2D eigenvalue weighted by Crippen LogP contribution is 2.38. The molecule has 1 aliphatic carbocycles. The third kappa shape index (κ3) is 6.37. The van der Waals surface area contributed by atoms with Crippen LogP contribution in [0.3, 0.4) is 0 Å². The summed E-state index contributed by atoms with van der Waals surface area (Å²) < 4.78 is 47.3. The smallest absolute Gasteiger partial charge is 0.416 e. The summed E-state index contributed by atoms with van der Waals surface area (Å²) in [7, 11) is 0. The molecule has 0 bridgehead atoms. The van der Waals surface area contributed by atoms with Crippen LogP contribution in [0.25, 0.3) is 0 Å². The number of hydrogen-bond acceptors (Lipinski definition) is 4. The molecule has 2 aromatic carbocycles. The molecule has 0 atom stereocenters. The number of carboxylic acid groups (broad SMARTS) is 1. The lowest BCUT2D eigenvalue weighted by Gasteiger charge is -2.24. The van der Waals surface area contributed by atoms with Crippen molar-refractivity contribution in [3.8, 4) is 5.75 Å². The average Bonchev–Trinajstić information content (AvgIpc) is 3.28. The van der Waals surface area contributed by atoms with Gasteiger partial charge in [-0.2, -0.15) is 13.2 Å². The summed E-state index contributed by atoms with van der Waals surface area (Å²) in [6, 6.07) is 9.81. The summed E-state index contributed by atoms with van der Waals surface area (Å²) in [6.45, 7) is 0.520. The number of halogens is 3. The number of ether oxygens (including phenoxy) is 1. The SMILES string of the molecule is O=C(O)CCNCC(=O)N1CCc2cc(OCc3ccc(C4CCCCC4)cc3C(F)(F)F)ccc21. The second kappa shape index (κ2) is 11.3. The van der Waals surface area contributed by atoms with E-state index in [4.69, 9.17) is 9.84 Å². The summed E-state index contributed by atoms with van der Waals surface area (Å²) in [6.07, 6.45) is 1.20. The average molecular weight is 505 g/mol. The van der Waals surface area contributed by atoms with Crippen LogP contribution in [0.2, 0.25) is 0 Å².